The van der Waals surface area contributed by atoms with Crippen LogP contribution in [-0.4, -0.2) is 15.2 Å². The van der Waals surface area contributed by atoms with Crippen molar-refractivity contribution in [3.8, 4) is 0 Å². The van der Waals surface area contributed by atoms with Gasteiger partial charge < -0.3 is 14.6 Å². The molecule has 0 amide bonds. The highest BCUT2D eigenvalue weighted by molar-refractivity contribution is 5.15. The smallest absolute Gasteiger partial charge is 0.194 e. The fourth-order valence-electron chi connectivity index (χ4n) is 1.14. The van der Waals surface area contributed by atoms with E-state index in [1.807, 2.05) is 34.6 Å². The first kappa shape index (κ1) is 18.5. The molecule has 0 aliphatic carbocycles. The lowest BCUT2D eigenvalue weighted by Gasteiger charge is -2.14. The van der Waals surface area contributed by atoms with Gasteiger partial charge in [0, 0.05) is 6.42 Å². The highest BCUT2D eigenvalue weighted by Crippen LogP contribution is 2.23. The third kappa shape index (κ3) is 5.84. The van der Waals surface area contributed by atoms with Crippen LogP contribution in [0.25, 0.3) is 0 Å². The maximum atomic E-state index is 9.68. The molecule has 102 valence electrons. The monoisotopic (exact) mass is 245 g/mol. The van der Waals surface area contributed by atoms with Crippen LogP contribution in [-0.2, 0) is 18.6 Å². The van der Waals surface area contributed by atoms with Crippen LogP contribution in [0.2, 0.25) is 0 Å². The summed E-state index contributed by atoms with van der Waals surface area (Å²) in [6.45, 7) is 12.9. The van der Waals surface area contributed by atoms with Gasteiger partial charge in [-0.05, 0) is 13.8 Å². The third-order valence-electron chi connectivity index (χ3n) is 1.77. The zero-order chi connectivity index (χ0) is 14.1. The number of hydrogen-bond donors (Lipinski definition) is 2. The molecule has 0 atom stereocenters. The van der Waals surface area contributed by atoms with E-state index in [9.17, 15) is 5.11 Å². The predicted molar refractivity (Wildman–Crippen MR) is 69.7 cm³/mol. The molecule has 0 fully saturated rings. The van der Waals surface area contributed by atoms with Crippen molar-refractivity contribution in [1.82, 2.24) is 4.98 Å². The highest BCUT2D eigenvalue weighted by Gasteiger charge is 2.25. The lowest BCUT2D eigenvalue weighted by atomic mass is 10.0. The minimum atomic E-state index is -1.06. The molecule has 0 aliphatic heterocycles. The van der Waals surface area contributed by atoms with Crippen LogP contribution in [0, 0.1) is 0 Å². The summed E-state index contributed by atoms with van der Waals surface area (Å²) in [5.41, 5.74) is -0.638. The first-order valence-electron chi connectivity index (χ1n) is 6.31. The van der Waals surface area contributed by atoms with Crippen LogP contribution in [0.1, 0.15) is 65.8 Å². The molecule has 2 N–H and O–H groups in total. The SMILES string of the molecule is CC.CC.CCc1nc(C(C)(C)O)c(CO)o1. The van der Waals surface area contributed by atoms with Gasteiger partial charge in [0.05, 0.1) is 0 Å². The molecule has 0 unspecified atom stereocenters. The second-order valence-electron chi connectivity index (χ2n) is 3.45. The summed E-state index contributed by atoms with van der Waals surface area (Å²) in [6, 6.07) is 0. The van der Waals surface area contributed by atoms with E-state index in [0.29, 0.717) is 23.8 Å². The Bertz CT molecular complexity index is 287. The fraction of sp³-hybridized carbons (Fsp3) is 0.769. The van der Waals surface area contributed by atoms with Crippen molar-refractivity contribution in [2.75, 3.05) is 0 Å². The first-order chi connectivity index (χ1) is 7.99. The Labute approximate surface area is 105 Å². The van der Waals surface area contributed by atoms with E-state index >= 15 is 0 Å². The van der Waals surface area contributed by atoms with Crippen molar-refractivity contribution in [2.24, 2.45) is 0 Å². The second kappa shape index (κ2) is 9.19. The van der Waals surface area contributed by atoms with Gasteiger partial charge in [-0.2, -0.15) is 0 Å². The molecule has 4 heteroatoms. The van der Waals surface area contributed by atoms with Crippen molar-refractivity contribution in [3.05, 3.63) is 17.3 Å². The van der Waals surface area contributed by atoms with Gasteiger partial charge in [-0.3, -0.25) is 0 Å². The lowest BCUT2D eigenvalue weighted by molar-refractivity contribution is 0.0699. The molecule has 1 aromatic heterocycles. The van der Waals surface area contributed by atoms with Gasteiger partial charge in [0.15, 0.2) is 11.7 Å². The molecule has 0 saturated carbocycles. The normalized spacial score (nSPS) is 9.94. The average molecular weight is 245 g/mol. The highest BCUT2D eigenvalue weighted by atomic mass is 16.4. The van der Waals surface area contributed by atoms with E-state index < -0.39 is 5.60 Å². The molecule has 0 aromatic carbocycles. The standard InChI is InChI=1S/C9H15NO3.2C2H6/c1-4-7-10-8(9(2,3)12)6(5-11)13-7;2*1-2/h11-12H,4-5H2,1-3H3;2*1-2H3. The van der Waals surface area contributed by atoms with Crippen molar-refractivity contribution in [1.29, 1.82) is 0 Å². The van der Waals surface area contributed by atoms with Gasteiger partial charge in [-0.15, -0.1) is 0 Å². The topological polar surface area (TPSA) is 66.5 Å². The number of nitrogens with zero attached hydrogens (tertiary/aromatic N) is 1. The molecule has 1 heterocycles. The summed E-state index contributed by atoms with van der Waals surface area (Å²) in [5.74, 6) is 0.894. The van der Waals surface area contributed by atoms with Gasteiger partial charge in [-0.25, -0.2) is 4.98 Å². The molecular weight excluding hydrogens is 218 g/mol. The van der Waals surface area contributed by atoms with Crippen molar-refractivity contribution < 1.29 is 14.6 Å². The quantitative estimate of drug-likeness (QED) is 0.859. The van der Waals surface area contributed by atoms with Crippen LogP contribution in [0.15, 0.2) is 4.42 Å². The van der Waals surface area contributed by atoms with E-state index in [0.717, 1.165) is 0 Å². The van der Waals surface area contributed by atoms with Crippen LogP contribution in [0.3, 0.4) is 0 Å². The van der Waals surface area contributed by atoms with E-state index in [2.05, 4.69) is 4.98 Å². The summed E-state index contributed by atoms with van der Waals surface area (Å²) >= 11 is 0. The van der Waals surface area contributed by atoms with E-state index in [1.54, 1.807) is 13.8 Å². The number of rotatable bonds is 3. The van der Waals surface area contributed by atoms with Gasteiger partial charge in [-0.1, -0.05) is 34.6 Å². The summed E-state index contributed by atoms with van der Waals surface area (Å²) in [7, 11) is 0. The van der Waals surface area contributed by atoms with Gasteiger partial charge in [0.25, 0.3) is 0 Å². The Morgan fingerprint density at radius 1 is 1.18 bits per heavy atom. The van der Waals surface area contributed by atoms with Crippen molar-refractivity contribution >= 4 is 0 Å². The predicted octanol–water partition coefficient (Wildman–Crippen LogP) is 3.01. The van der Waals surface area contributed by atoms with Gasteiger partial charge >= 0.3 is 0 Å². The number of aliphatic hydroxyl groups excluding tert-OH is 1. The van der Waals surface area contributed by atoms with Crippen LogP contribution in [0.5, 0.6) is 0 Å². The molecule has 0 radical (unpaired) electrons. The number of aliphatic hydroxyl groups is 2. The Morgan fingerprint density at radius 3 is 1.88 bits per heavy atom. The molecule has 17 heavy (non-hydrogen) atoms. The van der Waals surface area contributed by atoms with Crippen LogP contribution >= 0.6 is 0 Å². The van der Waals surface area contributed by atoms with Crippen molar-refractivity contribution in [2.45, 2.75) is 67.1 Å². The summed E-state index contributed by atoms with van der Waals surface area (Å²) in [4.78, 5) is 4.09. The van der Waals surface area contributed by atoms with Crippen LogP contribution < -0.4 is 0 Å². The third-order valence-corrected chi connectivity index (χ3v) is 1.77. The number of hydrogen-bond acceptors (Lipinski definition) is 4. The average Bonchev–Trinajstić information content (AvgIpc) is 2.77. The Morgan fingerprint density at radius 2 is 1.65 bits per heavy atom. The molecule has 1 rings (SSSR count). The molecule has 1 aromatic rings. The fourth-order valence-corrected chi connectivity index (χ4v) is 1.14. The van der Waals surface area contributed by atoms with E-state index in [-0.39, 0.29) is 6.61 Å². The Hall–Kier alpha value is -0.870. The first-order valence-corrected chi connectivity index (χ1v) is 6.31. The summed E-state index contributed by atoms with van der Waals surface area (Å²) in [5, 5.41) is 18.6. The Kier molecular flexibility index (Phi) is 10.00. The van der Waals surface area contributed by atoms with Crippen molar-refractivity contribution in [3.63, 3.8) is 0 Å². The molecule has 0 spiro atoms. The van der Waals surface area contributed by atoms with Crippen LogP contribution in [0.4, 0.5) is 0 Å². The van der Waals surface area contributed by atoms with Gasteiger partial charge in [0.2, 0.25) is 0 Å². The number of aryl methyl sites for hydroxylation is 1. The largest absolute Gasteiger partial charge is 0.443 e. The summed E-state index contributed by atoms with van der Waals surface area (Å²) in [6.07, 6.45) is 0.656. The molecule has 0 bridgehead atoms. The summed E-state index contributed by atoms with van der Waals surface area (Å²) < 4.78 is 5.22. The van der Waals surface area contributed by atoms with E-state index in [4.69, 9.17) is 9.52 Å². The van der Waals surface area contributed by atoms with E-state index in [1.165, 1.54) is 0 Å². The minimum Gasteiger partial charge on any atom is -0.443 e. The lowest BCUT2D eigenvalue weighted by Crippen LogP contribution is -2.18. The number of oxazole rings is 1. The minimum absolute atomic E-state index is 0.230. The van der Waals surface area contributed by atoms with Gasteiger partial charge in [0.1, 0.15) is 17.9 Å². The molecule has 0 aliphatic rings. The molecule has 0 saturated heterocycles. The second-order valence-corrected chi connectivity index (χ2v) is 3.45. The zero-order valence-electron chi connectivity index (χ0n) is 12.2. The number of aromatic nitrogens is 1. The molecular formula is C13H27NO3. The zero-order valence-corrected chi connectivity index (χ0v) is 12.2. The molecule has 4 nitrogen and oxygen atoms in total. The maximum Gasteiger partial charge on any atom is 0.194 e. The maximum absolute atomic E-state index is 9.68. The Balaban J connectivity index is 0.